The van der Waals surface area contributed by atoms with E-state index in [1.807, 2.05) is 19.2 Å². The van der Waals surface area contributed by atoms with Crippen molar-refractivity contribution >= 4 is 23.2 Å². The third-order valence-corrected chi connectivity index (χ3v) is 8.65. The fourth-order valence-electron chi connectivity index (χ4n) is 5.90. The first-order valence-electron chi connectivity index (χ1n) is 14.7. The van der Waals surface area contributed by atoms with Gasteiger partial charge in [0.1, 0.15) is 17.1 Å². The van der Waals surface area contributed by atoms with Crippen molar-refractivity contribution in [3.8, 4) is 22.6 Å². The van der Waals surface area contributed by atoms with E-state index in [0.717, 1.165) is 37.3 Å². The van der Waals surface area contributed by atoms with E-state index in [1.165, 1.54) is 25.5 Å². The number of aromatic nitrogens is 6. The Balaban J connectivity index is 1.18. The first kappa shape index (κ1) is 28.5. The summed E-state index contributed by atoms with van der Waals surface area (Å²) < 4.78 is 8.87. The van der Waals surface area contributed by atoms with E-state index >= 15 is 0 Å². The molecule has 224 valence electrons. The van der Waals surface area contributed by atoms with Crippen LogP contribution in [0.1, 0.15) is 48.2 Å². The van der Waals surface area contributed by atoms with Gasteiger partial charge in [-0.1, -0.05) is 19.3 Å². The molecule has 1 saturated heterocycles. The third kappa shape index (κ3) is 5.74. The van der Waals surface area contributed by atoms with E-state index in [2.05, 4.69) is 25.2 Å². The minimum absolute atomic E-state index is 0.151. The van der Waals surface area contributed by atoms with Crippen molar-refractivity contribution < 1.29 is 9.53 Å². The summed E-state index contributed by atoms with van der Waals surface area (Å²) in [6, 6.07) is 7.29. The van der Waals surface area contributed by atoms with Crippen molar-refractivity contribution in [1.29, 1.82) is 0 Å². The number of nitrogens with two attached hydrogens (primary N) is 1. The fourth-order valence-corrected chi connectivity index (χ4v) is 5.90. The molecule has 4 aromatic heterocycles. The molecular formula is C31H37N9O3. The second-order valence-corrected chi connectivity index (χ2v) is 11.4. The van der Waals surface area contributed by atoms with Gasteiger partial charge >= 0.3 is 0 Å². The van der Waals surface area contributed by atoms with Gasteiger partial charge in [0.05, 0.1) is 35.6 Å². The van der Waals surface area contributed by atoms with Crippen LogP contribution in [0.2, 0.25) is 0 Å². The van der Waals surface area contributed by atoms with E-state index < -0.39 is 5.91 Å². The number of methoxy groups -OCH3 is 1. The van der Waals surface area contributed by atoms with Gasteiger partial charge < -0.3 is 20.7 Å². The van der Waals surface area contributed by atoms with Crippen molar-refractivity contribution in [2.45, 2.75) is 51.7 Å². The van der Waals surface area contributed by atoms with Crippen LogP contribution in [0, 0.1) is 12.8 Å². The molecule has 2 aliphatic rings. The standard InChI is InChI=1S/C31H37N9O3/c1-19-27(31(42)40(38(19)2)16-20-7-5-4-6-8-20)30(41)36-22-9-10-24(34-14-22)28-29(32)35-15-25(37-28)21-11-12-33-26(13-21)39-17-23(18-39)43-3/h9-15,20,23H,4-8,16-18H2,1-3H3,(H2,32,35)(H,36,41). The Kier molecular flexibility index (Phi) is 7.94. The summed E-state index contributed by atoms with van der Waals surface area (Å²) in [5.41, 5.74) is 9.61. The van der Waals surface area contributed by atoms with Crippen molar-refractivity contribution in [3.05, 3.63) is 64.5 Å². The van der Waals surface area contributed by atoms with E-state index in [9.17, 15) is 9.59 Å². The molecule has 0 aromatic carbocycles. The lowest BCUT2D eigenvalue weighted by atomic mass is 9.89. The van der Waals surface area contributed by atoms with Crippen LogP contribution >= 0.6 is 0 Å². The normalized spacial score (nSPS) is 15.8. The summed E-state index contributed by atoms with van der Waals surface area (Å²) in [6.07, 6.45) is 11.0. The summed E-state index contributed by atoms with van der Waals surface area (Å²) >= 11 is 0. The largest absolute Gasteiger partial charge is 0.382 e. The number of hydrogen-bond donors (Lipinski definition) is 2. The molecule has 1 saturated carbocycles. The lowest BCUT2D eigenvalue weighted by Crippen LogP contribution is -2.52. The lowest BCUT2D eigenvalue weighted by Gasteiger charge is -2.39. The summed E-state index contributed by atoms with van der Waals surface area (Å²) in [6.45, 7) is 4.02. The number of nitrogen functional groups attached to an aromatic ring is 1. The molecule has 1 amide bonds. The molecule has 4 aromatic rings. The van der Waals surface area contributed by atoms with Crippen molar-refractivity contribution in [2.75, 3.05) is 36.1 Å². The van der Waals surface area contributed by atoms with E-state index in [-0.39, 0.29) is 23.0 Å². The second kappa shape index (κ2) is 12.0. The second-order valence-electron chi connectivity index (χ2n) is 11.4. The monoisotopic (exact) mass is 583 g/mol. The van der Waals surface area contributed by atoms with Gasteiger partial charge in [-0.3, -0.25) is 19.3 Å². The molecular weight excluding hydrogens is 546 g/mol. The number of rotatable bonds is 8. The summed E-state index contributed by atoms with van der Waals surface area (Å²) in [4.78, 5) is 46.7. The van der Waals surface area contributed by atoms with Gasteiger partial charge in [0.25, 0.3) is 11.5 Å². The topological polar surface area (TPSA) is 146 Å². The van der Waals surface area contributed by atoms with Crippen LogP contribution in [0.5, 0.6) is 0 Å². The predicted molar refractivity (Wildman–Crippen MR) is 165 cm³/mol. The Hall–Kier alpha value is -4.58. The van der Waals surface area contributed by atoms with Crippen molar-refractivity contribution in [2.24, 2.45) is 13.0 Å². The first-order chi connectivity index (χ1) is 20.8. The summed E-state index contributed by atoms with van der Waals surface area (Å²) in [5, 5.41) is 2.83. The molecule has 2 fully saturated rings. The number of hydrogen-bond acceptors (Lipinski definition) is 9. The molecule has 12 heteroatoms. The minimum atomic E-state index is -0.455. The van der Waals surface area contributed by atoms with E-state index in [4.69, 9.17) is 15.5 Å². The van der Waals surface area contributed by atoms with Crippen LogP contribution in [-0.2, 0) is 18.3 Å². The number of carbonyl (C=O) groups is 1. The van der Waals surface area contributed by atoms with Crippen LogP contribution in [0.3, 0.4) is 0 Å². The SMILES string of the molecule is COC1CN(c2cc(-c3cnc(N)c(-c4ccc(NC(=O)c5c(C)n(C)n(CC6CCCCC6)c5=O)cn4)n3)ccn2)C1. The van der Waals surface area contributed by atoms with Gasteiger partial charge in [0.15, 0.2) is 5.82 Å². The molecule has 0 bridgehead atoms. The Labute approximate surface area is 249 Å². The van der Waals surface area contributed by atoms with Crippen LogP contribution in [-0.4, -0.2) is 61.5 Å². The number of nitrogens with zero attached hydrogens (tertiary/aromatic N) is 7. The minimum Gasteiger partial charge on any atom is -0.382 e. The average molecular weight is 584 g/mol. The summed E-state index contributed by atoms with van der Waals surface area (Å²) in [7, 11) is 3.55. The smallest absolute Gasteiger partial charge is 0.279 e. The molecule has 0 radical (unpaired) electrons. The Morgan fingerprint density at radius 1 is 1.07 bits per heavy atom. The number of carbonyl (C=O) groups excluding carboxylic acids is 1. The number of nitrogens with one attached hydrogen (secondary N) is 1. The molecule has 0 spiro atoms. The van der Waals surface area contributed by atoms with Crippen LogP contribution in [0.4, 0.5) is 17.3 Å². The Morgan fingerprint density at radius 3 is 2.58 bits per heavy atom. The van der Waals surface area contributed by atoms with E-state index in [1.54, 1.807) is 47.9 Å². The zero-order chi connectivity index (χ0) is 30.1. The Bertz CT molecular complexity index is 1680. The van der Waals surface area contributed by atoms with Crippen LogP contribution in [0.25, 0.3) is 22.6 Å². The highest BCUT2D eigenvalue weighted by molar-refractivity contribution is 6.04. The molecule has 5 heterocycles. The van der Waals surface area contributed by atoms with Gasteiger partial charge in [-0.2, -0.15) is 0 Å². The third-order valence-electron chi connectivity index (χ3n) is 8.65. The van der Waals surface area contributed by atoms with Gasteiger partial charge in [0.2, 0.25) is 0 Å². The fraction of sp³-hybridized carbons (Fsp3) is 0.419. The quantitative estimate of drug-likeness (QED) is 0.317. The Morgan fingerprint density at radius 2 is 1.86 bits per heavy atom. The molecule has 1 aliphatic carbocycles. The van der Waals surface area contributed by atoms with Gasteiger partial charge in [-0.25, -0.2) is 19.6 Å². The highest BCUT2D eigenvalue weighted by Gasteiger charge is 2.28. The maximum atomic E-state index is 13.3. The van der Waals surface area contributed by atoms with Gasteiger partial charge in [-0.15, -0.1) is 0 Å². The highest BCUT2D eigenvalue weighted by Crippen LogP contribution is 2.29. The van der Waals surface area contributed by atoms with E-state index in [0.29, 0.717) is 40.9 Å². The number of pyridine rings is 2. The maximum Gasteiger partial charge on any atom is 0.279 e. The zero-order valence-corrected chi connectivity index (χ0v) is 24.8. The van der Waals surface area contributed by atoms with Crippen LogP contribution < -0.4 is 21.5 Å². The van der Waals surface area contributed by atoms with Crippen molar-refractivity contribution in [3.63, 3.8) is 0 Å². The molecule has 3 N–H and O–H groups in total. The average Bonchev–Trinajstić information content (AvgIpc) is 3.21. The molecule has 43 heavy (non-hydrogen) atoms. The molecule has 6 rings (SSSR count). The van der Waals surface area contributed by atoms with Crippen molar-refractivity contribution in [1.82, 2.24) is 29.3 Å². The first-order valence-corrected chi connectivity index (χ1v) is 14.7. The molecule has 0 unspecified atom stereocenters. The summed E-state index contributed by atoms with van der Waals surface area (Å²) in [5.74, 6) is 1.10. The predicted octanol–water partition coefficient (Wildman–Crippen LogP) is 3.66. The zero-order valence-electron chi connectivity index (χ0n) is 24.8. The molecule has 1 aliphatic heterocycles. The number of anilines is 3. The lowest BCUT2D eigenvalue weighted by molar-refractivity contribution is 0.0783. The highest BCUT2D eigenvalue weighted by atomic mass is 16.5. The van der Waals surface area contributed by atoms with Gasteiger partial charge in [0, 0.05) is 51.2 Å². The molecule has 12 nitrogen and oxygen atoms in total. The number of ether oxygens (including phenoxy) is 1. The number of amides is 1. The van der Waals surface area contributed by atoms with Crippen LogP contribution in [0.15, 0.2) is 47.7 Å². The van der Waals surface area contributed by atoms with Gasteiger partial charge in [-0.05, 0) is 49.9 Å². The maximum absolute atomic E-state index is 13.3. The molecule has 0 atom stereocenters.